The molecule has 1 heterocycles. The summed E-state index contributed by atoms with van der Waals surface area (Å²) in [4.78, 5) is 2.43. The molecule has 0 bridgehead atoms. The molecule has 17 heavy (non-hydrogen) atoms. The molecule has 0 atom stereocenters. The quantitative estimate of drug-likeness (QED) is 0.861. The third kappa shape index (κ3) is 3.83. The summed E-state index contributed by atoms with van der Waals surface area (Å²) in [6.45, 7) is 3.26. The molecule has 2 rings (SSSR count). The van der Waals surface area contributed by atoms with Crippen LogP contribution in [0.15, 0.2) is 24.3 Å². The van der Waals surface area contributed by atoms with Crippen LogP contribution in [0, 0.1) is 5.92 Å². The van der Waals surface area contributed by atoms with Gasteiger partial charge in [0.2, 0.25) is 0 Å². The largest absolute Gasteiger partial charge is 0.330 e. The van der Waals surface area contributed by atoms with Crippen molar-refractivity contribution >= 4 is 0 Å². The molecular formula is C15H24N2. The fraction of sp³-hybridized carbons (Fsp3) is 0.600. The molecule has 0 aliphatic carbocycles. The van der Waals surface area contributed by atoms with Crippen LogP contribution in [0.1, 0.15) is 24.0 Å². The van der Waals surface area contributed by atoms with Gasteiger partial charge in [0.1, 0.15) is 0 Å². The maximum atomic E-state index is 5.60. The fourth-order valence-corrected chi connectivity index (χ4v) is 2.68. The highest BCUT2D eigenvalue weighted by Gasteiger charge is 2.16. The van der Waals surface area contributed by atoms with E-state index in [4.69, 9.17) is 5.73 Å². The standard InChI is InChI=1S/C15H24N2/c1-17-9-6-14(7-10-17)12-15-4-2-3-13(11-15)5-8-16/h2-4,11,14H,5-10,12,16H2,1H3. The zero-order valence-electron chi connectivity index (χ0n) is 10.9. The van der Waals surface area contributed by atoms with Crippen molar-refractivity contribution in [3.05, 3.63) is 35.4 Å². The number of piperidine rings is 1. The molecule has 0 radical (unpaired) electrons. The number of hydrogen-bond acceptors (Lipinski definition) is 2. The minimum Gasteiger partial charge on any atom is -0.330 e. The van der Waals surface area contributed by atoms with Crippen molar-refractivity contribution in [3.63, 3.8) is 0 Å². The number of likely N-dealkylation sites (tertiary alicyclic amines) is 1. The minimum atomic E-state index is 0.748. The number of nitrogens with two attached hydrogens (primary N) is 1. The van der Waals surface area contributed by atoms with Crippen LogP contribution in [0.5, 0.6) is 0 Å². The zero-order valence-corrected chi connectivity index (χ0v) is 10.9. The van der Waals surface area contributed by atoms with Gasteiger partial charge in [-0.2, -0.15) is 0 Å². The van der Waals surface area contributed by atoms with E-state index in [1.165, 1.54) is 43.5 Å². The van der Waals surface area contributed by atoms with Crippen molar-refractivity contribution in [2.45, 2.75) is 25.7 Å². The zero-order chi connectivity index (χ0) is 12.1. The first-order valence-corrected chi connectivity index (χ1v) is 6.74. The highest BCUT2D eigenvalue weighted by Crippen LogP contribution is 2.21. The van der Waals surface area contributed by atoms with Gasteiger partial charge >= 0.3 is 0 Å². The van der Waals surface area contributed by atoms with Crippen LogP contribution >= 0.6 is 0 Å². The SMILES string of the molecule is CN1CCC(Cc2cccc(CCN)c2)CC1. The summed E-state index contributed by atoms with van der Waals surface area (Å²) in [5, 5.41) is 0. The van der Waals surface area contributed by atoms with Gasteiger partial charge in [-0.05, 0) is 69.4 Å². The molecule has 0 spiro atoms. The number of rotatable bonds is 4. The van der Waals surface area contributed by atoms with E-state index in [1.807, 2.05) is 0 Å². The molecule has 1 aromatic rings. The maximum absolute atomic E-state index is 5.60. The third-order valence-electron chi connectivity index (χ3n) is 3.79. The Bertz CT molecular complexity index is 341. The summed E-state index contributed by atoms with van der Waals surface area (Å²) >= 11 is 0. The van der Waals surface area contributed by atoms with Crippen LogP contribution in [0.3, 0.4) is 0 Å². The van der Waals surface area contributed by atoms with Crippen molar-refractivity contribution in [1.82, 2.24) is 4.90 Å². The summed E-state index contributed by atoms with van der Waals surface area (Å²) in [5.74, 6) is 0.874. The third-order valence-corrected chi connectivity index (χ3v) is 3.79. The molecule has 94 valence electrons. The van der Waals surface area contributed by atoms with Gasteiger partial charge in [0.25, 0.3) is 0 Å². The Morgan fingerprint density at radius 2 is 1.94 bits per heavy atom. The van der Waals surface area contributed by atoms with E-state index in [1.54, 1.807) is 0 Å². The van der Waals surface area contributed by atoms with Gasteiger partial charge < -0.3 is 10.6 Å². The Labute approximate surface area is 105 Å². The van der Waals surface area contributed by atoms with Crippen molar-refractivity contribution in [1.29, 1.82) is 0 Å². The van der Waals surface area contributed by atoms with Crippen LogP contribution in [0.2, 0.25) is 0 Å². The molecule has 1 fully saturated rings. The molecule has 1 aliphatic rings. The van der Waals surface area contributed by atoms with Crippen molar-refractivity contribution < 1.29 is 0 Å². The highest BCUT2D eigenvalue weighted by molar-refractivity contribution is 5.24. The molecule has 1 aromatic carbocycles. The molecule has 0 amide bonds. The van der Waals surface area contributed by atoms with Gasteiger partial charge in [0.15, 0.2) is 0 Å². The van der Waals surface area contributed by atoms with E-state index in [9.17, 15) is 0 Å². The average Bonchev–Trinajstić information content (AvgIpc) is 2.33. The summed E-state index contributed by atoms with van der Waals surface area (Å²) in [6.07, 6.45) is 4.93. The lowest BCUT2D eigenvalue weighted by Gasteiger charge is -2.29. The van der Waals surface area contributed by atoms with E-state index in [0.717, 1.165) is 18.9 Å². The molecule has 2 heteroatoms. The molecule has 0 unspecified atom stereocenters. The van der Waals surface area contributed by atoms with E-state index in [0.29, 0.717) is 0 Å². The monoisotopic (exact) mass is 232 g/mol. The Kier molecular flexibility index (Phi) is 4.57. The van der Waals surface area contributed by atoms with Gasteiger partial charge in [0.05, 0.1) is 0 Å². The normalized spacial score (nSPS) is 18.5. The van der Waals surface area contributed by atoms with Gasteiger partial charge in [0, 0.05) is 0 Å². The summed E-state index contributed by atoms with van der Waals surface area (Å²) in [6, 6.07) is 8.96. The van der Waals surface area contributed by atoms with Crippen LogP contribution in [-0.4, -0.2) is 31.6 Å². The molecule has 2 nitrogen and oxygen atoms in total. The van der Waals surface area contributed by atoms with Crippen LogP contribution in [0.4, 0.5) is 0 Å². The number of nitrogens with zero attached hydrogens (tertiary/aromatic N) is 1. The predicted octanol–water partition coefficient (Wildman–Crippen LogP) is 2.07. The van der Waals surface area contributed by atoms with Crippen LogP contribution in [-0.2, 0) is 12.8 Å². The summed E-state index contributed by atoms with van der Waals surface area (Å²) in [5.41, 5.74) is 8.48. The molecule has 1 aliphatic heterocycles. The van der Waals surface area contributed by atoms with Crippen molar-refractivity contribution in [2.24, 2.45) is 11.7 Å². The van der Waals surface area contributed by atoms with E-state index >= 15 is 0 Å². The Morgan fingerprint density at radius 3 is 2.65 bits per heavy atom. The lowest BCUT2D eigenvalue weighted by atomic mass is 9.90. The van der Waals surface area contributed by atoms with Crippen molar-refractivity contribution in [2.75, 3.05) is 26.7 Å². The second-order valence-electron chi connectivity index (χ2n) is 5.31. The first kappa shape index (κ1) is 12.6. The first-order valence-electron chi connectivity index (χ1n) is 6.74. The molecule has 1 saturated heterocycles. The molecule has 2 N–H and O–H groups in total. The van der Waals surface area contributed by atoms with Crippen LogP contribution in [0.25, 0.3) is 0 Å². The van der Waals surface area contributed by atoms with Gasteiger partial charge in [-0.25, -0.2) is 0 Å². The summed E-state index contributed by atoms with van der Waals surface area (Å²) < 4.78 is 0. The maximum Gasteiger partial charge on any atom is -0.00190 e. The Balaban J connectivity index is 1.91. The number of benzene rings is 1. The smallest absolute Gasteiger partial charge is 0.00190 e. The molecular weight excluding hydrogens is 208 g/mol. The van der Waals surface area contributed by atoms with E-state index < -0.39 is 0 Å². The van der Waals surface area contributed by atoms with E-state index in [2.05, 4.69) is 36.2 Å². The minimum absolute atomic E-state index is 0.748. The van der Waals surface area contributed by atoms with Crippen LogP contribution < -0.4 is 5.73 Å². The second kappa shape index (κ2) is 6.18. The number of hydrogen-bond donors (Lipinski definition) is 1. The van der Waals surface area contributed by atoms with Gasteiger partial charge in [-0.15, -0.1) is 0 Å². The second-order valence-corrected chi connectivity index (χ2v) is 5.31. The Morgan fingerprint density at radius 1 is 1.24 bits per heavy atom. The fourth-order valence-electron chi connectivity index (χ4n) is 2.68. The lowest BCUT2D eigenvalue weighted by molar-refractivity contribution is 0.219. The average molecular weight is 232 g/mol. The van der Waals surface area contributed by atoms with Gasteiger partial charge in [-0.1, -0.05) is 24.3 Å². The van der Waals surface area contributed by atoms with Gasteiger partial charge in [-0.3, -0.25) is 0 Å². The predicted molar refractivity (Wildman–Crippen MR) is 73.1 cm³/mol. The summed E-state index contributed by atoms with van der Waals surface area (Å²) in [7, 11) is 2.22. The van der Waals surface area contributed by atoms with Crippen molar-refractivity contribution in [3.8, 4) is 0 Å². The lowest BCUT2D eigenvalue weighted by Crippen LogP contribution is -2.30. The first-order chi connectivity index (χ1) is 8.28. The molecule has 0 aromatic heterocycles. The molecule has 0 saturated carbocycles. The highest BCUT2D eigenvalue weighted by atomic mass is 15.1. The van der Waals surface area contributed by atoms with E-state index in [-0.39, 0.29) is 0 Å². The Hall–Kier alpha value is -0.860. The topological polar surface area (TPSA) is 29.3 Å².